The van der Waals surface area contributed by atoms with E-state index >= 15 is 0 Å². The van der Waals surface area contributed by atoms with Crippen LogP contribution in [0.5, 0.6) is 0 Å². The van der Waals surface area contributed by atoms with Gasteiger partial charge in [0.2, 0.25) is 7.37 Å². The van der Waals surface area contributed by atoms with Gasteiger partial charge in [0, 0.05) is 16.8 Å². The normalized spacial score (nSPS) is 17.1. The minimum Gasteiger partial charge on any atom is -0.395 e. The van der Waals surface area contributed by atoms with Crippen molar-refractivity contribution < 1.29 is 14.6 Å². The number of pyridine rings is 1. The third-order valence-corrected chi connectivity index (χ3v) is 5.17. The van der Waals surface area contributed by atoms with Gasteiger partial charge in [0.1, 0.15) is 5.66 Å². The molecule has 0 spiro atoms. The van der Waals surface area contributed by atoms with E-state index in [0.717, 1.165) is 0 Å². The van der Waals surface area contributed by atoms with E-state index in [-0.39, 0.29) is 12.8 Å². The van der Waals surface area contributed by atoms with Crippen LogP contribution in [-0.2, 0) is 4.57 Å². The van der Waals surface area contributed by atoms with Crippen LogP contribution in [-0.4, -0.2) is 27.8 Å². The number of hydrogen-bond acceptors (Lipinski definition) is 3. The standard InChI is InChI=1S/C9H13BrNO3P/c1-2-15(13,14)8(6-12)9-7(10)4-3-5-11-9/h3-5,8,12H,2,6H2,1H3,(H,13,14). The molecule has 4 nitrogen and oxygen atoms in total. The predicted octanol–water partition coefficient (Wildman–Crippen LogP) is 2.17. The Bertz CT molecular complexity index is 385. The zero-order chi connectivity index (χ0) is 11.5. The number of nitrogens with zero attached hydrogens (tertiary/aromatic N) is 1. The third-order valence-electron chi connectivity index (χ3n) is 2.22. The molecule has 6 heteroatoms. The minimum atomic E-state index is -3.37. The molecule has 1 heterocycles. The molecule has 0 aliphatic rings. The van der Waals surface area contributed by atoms with Crippen molar-refractivity contribution >= 4 is 23.3 Å². The second-order valence-electron chi connectivity index (χ2n) is 3.14. The predicted molar refractivity (Wildman–Crippen MR) is 62.1 cm³/mol. The van der Waals surface area contributed by atoms with Crippen molar-refractivity contribution in [1.29, 1.82) is 0 Å². The summed E-state index contributed by atoms with van der Waals surface area (Å²) in [7, 11) is -3.37. The van der Waals surface area contributed by atoms with E-state index in [2.05, 4.69) is 20.9 Å². The lowest BCUT2D eigenvalue weighted by molar-refractivity contribution is 0.282. The van der Waals surface area contributed by atoms with Gasteiger partial charge in [-0.1, -0.05) is 6.92 Å². The SMILES string of the molecule is CCP(=O)(O)C(CO)c1ncccc1Br. The van der Waals surface area contributed by atoms with Gasteiger partial charge in [-0.15, -0.1) is 0 Å². The lowest BCUT2D eigenvalue weighted by Crippen LogP contribution is -2.09. The molecule has 0 amide bonds. The van der Waals surface area contributed by atoms with Crippen LogP contribution in [0.15, 0.2) is 22.8 Å². The molecule has 2 N–H and O–H groups in total. The van der Waals surface area contributed by atoms with Gasteiger partial charge in [0.05, 0.1) is 12.3 Å². The molecule has 0 bridgehead atoms. The highest BCUT2D eigenvalue weighted by atomic mass is 79.9. The van der Waals surface area contributed by atoms with E-state index in [1.54, 1.807) is 25.3 Å². The zero-order valence-corrected chi connectivity index (χ0v) is 10.8. The maximum Gasteiger partial charge on any atom is 0.211 e. The van der Waals surface area contributed by atoms with Gasteiger partial charge in [0.25, 0.3) is 0 Å². The van der Waals surface area contributed by atoms with Crippen LogP contribution in [0.3, 0.4) is 0 Å². The van der Waals surface area contributed by atoms with Crippen molar-refractivity contribution in [2.45, 2.75) is 12.6 Å². The van der Waals surface area contributed by atoms with E-state index in [1.165, 1.54) is 0 Å². The van der Waals surface area contributed by atoms with E-state index in [4.69, 9.17) is 0 Å². The molecule has 2 unspecified atom stereocenters. The van der Waals surface area contributed by atoms with Crippen LogP contribution in [0.25, 0.3) is 0 Å². The van der Waals surface area contributed by atoms with Crippen molar-refractivity contribution in [3.05, 3.63) is 28.5 Å². The second-order valence-corrected chi connectivity index (χ2v) is 6.76. The first-order valence-electron chi connectivity index (χ1n) is 4.55. The Morgan fingerprint density at radius 1 is 1.67 bits per heavy atom. The molecule has 0 aromatic carbocycles. The first-order valence-corrected chi connectivity index (χ1v) is 7.26. The highest BCUT2D eigenvalue weighted by molar-refractivity contribution is 9.10. The summed E-state index contributed by atoms with van der Waals surface area (Å²) in [6.07, 6.45) is 1.67. The summed E-state index contributed by atoms with van der Waals surface area (Å²) in [6, 6.07) is 3.46. The molecule has 0 saturated carbocycles. The van der Waals surface area contributed by atoms with Crippen LogP contribution in [0.2, 0.25) is 0 Å². The smallest absolute Gasteiger partial charge is 0.211 e. The summed E-state index contributed by atoms with van der Waals surface area (Å²) >= 11 is 3.25. The Balaban J connectivity index is 3.14. The monoisotopic (exact) mass is 293 g/mol. The van der Waals surface area contributed by atoms with Gasteiger partial charge >= 0.3 is 0 Å². The van der Waals surface area contributed by atoms with E-state index in [0.29, 0.717) is 10.2 Å². The lowest BCUT2D eigenvalue weighted by Gasteiger charge is -2.20. The van der Waals surface area contributed by atoms with Gasteiger partial charge in [-0.25, -0.2) is 0 Å². The van der Waals surface area contributed by atoms with Gasteiger partial charge in [0.15, 0.2) is 0 Å². The maximum atomic E-state index is 11.8. The zero-order valence-electron chi connectivity index (χ0n) is 8.30. The fourth-order valence-electron chi connectivity index (χ4n) is 1.27. The van der Waals surface area contributed by atoms with Gasteiger partial charge in [-0.3, -0.25) is 9.55 Å². The Hall–Kier alpha value is -0.220. The molecular weight excluding hydrogens is 281 g/mol. The molecule has 1 aromatic heterocycles. The molecule has 84 valence electrons. The fraction of sp³-hybridized carbons (Fsp3) is 0.444. The number of rotatable bonds is 4. The largest absolute Gasteiger partial charge is 0.395 e. The lowest BCUT2D eigenvalue weighted by atomic mass is 10.3. The summed E-state index contributed by atoms with van der Waals surface area (Å²) in [4.78, 5) is 13.7. The summed E-state index contributed by atoms with van der Waals surface area (Å²) in [5.41, 5.74) is -0.370. The number of aliphatic hydroxyl groups is 1. The molecule has 0 fully saturated rings. The average molecular weight is 294 g/mol. The number of aliphatic hydroxyl groups excluding tert-OH is 1. The summed E-state index contributed by atoms with van der Waals surface area (Å²) in [5, 5.41) is 9.18. The highest BCUT2D eigenvalue weighted by Gasteiger charge is 2.32. The van der Waals surface area contributed by atoms with Crippen molar-refractivity contribution in [1.82, 2.24) is 4.98 Å². The van der Waals surface area contributed by atoms with Crippen LogP contribution >= 0.6 is 23.3 Å². The number of halogens is 1. The van der Waals surface area contributed by atoms with Crippen LogP contribution < -0.4 is 0 Å². The molecule has 2 atom stereocenters. The molecule has 15 heavy (non-hydrogen) atoms. The third kappa shape index (κ3) is 2.88. The quantitative estimate of drug-likeness (QED) is 0.835. The first-order chi connectivity index (χ1) is 7.03. The summed E-state index contributed by atoms with van der Waals surface area (Å²) < 4.78 is 12.4. The molecule has 0 radical (unpaired) electrons. The molecule has 0 saturated heterocycles. The molecule has 1 aromatic rings. The minimum absolute atomic E-state index is 0.126. The highest BCUT2D eigenvalue weighted by Crippen LogP contribution is 2.55. The van der Waals surface area contributed by atoms with Gasteiger partial charge < -0.3 is 10.00 Å². The van der Waals surface area contributed by atoms with Crippen LogP contribution in [0, 0.1) is 0 Å². The van der Waals surface area contributed by atoms with Gasteiger partial charge in [-0.05, 0) is 28.1 Å². The molecule has 0 aliphatic heterocycles. The number of hydrogen-bond donors (Lipinski definition) is 2. The Morgan fingerprint density at radius 2 is 2.33 bits per heavy atom. The first kappa shape index (κ1) is 12.8. The van der Waals surface area contributed by atoms with E-state index in [9.17, 15) is 14.6 Å². The number of aromatic nitrogens is 1. The summed E-state index contributed by atoms with van der Waals surface area (Å²) in [5.74, 6) is 0. The molecule has 0 aliphatic carbocycles. The Morgan fingerprint density at radius 3 is 2.80 bits per heavy atom. The average Bonchev–Trinajstić information content (AvgIpc) is 2.21. The van der Waals surface area contributed by atoms with E-state index < -0.39 is 13.0 Å². The summed E-state index contributed by atoms with van der Waals surface area (Å²) in [6.45, 7) is 1.25. The van der Waals surface area contributed by atoms with Crippen LogP contribution in [0.4, 0.5) is 0 Å². The van der Waals surface area contributed by atoms with Crippen molar-refractivity contribution in [3.8, 4) is 0 Å². The van der Waals surface area contributed by atoms with Crippen molar-refractivity contribution in [2.75, 3.05) is 12.8 Å². The second kappa shape index (κ2) is 5.21. The molecular formula is C9H13BrNO3P. The molecule has 1 rings (SSSR count). The maximum absolute atomic E-state index is 11.8. The Labute approximate surface area is 96.9 Å². The van der Waals surface area contributed by atoms with Crippen molar-refractivity contribution in [3.63, 3.8) is 0 Å². The fourth-order valence-corrected chi connectivity index (χ4v) is 3.26. The van der Waals surface area contributed by atoms with Gasteiger partial charge in [-0.2, -0.15) is 0 Å². The van der Waals surface area contributed by atoms with Crippen molar-refractivity contribution in [2.24, 2.45) is 0 Å². The Kier molecular flexibility index (Phi) is 4.46. The topological polar surface area (TPSA) is 70.4 Å². The van der Waals surface area contributed by atoms with Crippen LogP contribution in [0.1, 0.15) is 18.3 Å². The van der Waals surface area contributed by atoms with E-state index in [1.807, 2.05) is 0 Å².